The molecular weight excluding hydrogens is 252 g/mol. The van der Waals surface area contributed by atoms with Crippen LogP contribution in [0, 0.1) is 29.6 Å². The zero-order valence-corrected chi connectivity index (χ0v) is 13.6. The average Bonchev–Trinajstić information content (AvgIpc) is 2.34. The standard InChI is InChI=1S/C16H30N2O2/c1-10(2)12-7-6-11(3)8-13(12)14(9-15(17)19)16(20)18(4)5/h10-14H,6-9H2,1-5H3,(H2,17,19). The third-order valence-electron chi connectivity index (χ3n) is 4.77. The van der Waals surface area contributed by atoms with Gasteiger partial charge in [-0.25, -0.2) is 0 Å². The fourth-order valence-corrected chi connectivity index (χ4v) is 3.71. The van der Waals surface area contributed by atoms with Crippen molar-refractivity contribution in [3.05, 3.63) is 0 Å². The van der Waals surface area contributed by atoms with Gasteiger partial charge in [-0.15, -0.1) is 0 Å². The molecule has 0 aromatic carbocycles. The summed E-state index contributed by atoms with van der Waals surface area (Å²) in [5, 5.41) is 0. The quantitative estimate of drug-likeness (QED) is 0.840. The van der Waals surface area contributed by atoms with Crippen LogP contribution in [0.25, 0.3) is 0 Å². The van der Waals surface area contributed by atoms with Crippen molar-refractivity contribution in [2.24, 2.45) is 35.3 Å². The maximum atomic E-state index is 12.5. The molecule has 4 heteroatoms. The Morgan fingerprint density at radius 2 is 1.80 bits per heavy atom. The lowest BCUT2D eigenvalue weighted by Crippen LogP contribution is -2.42. The van der Waals surface area contributed by atoms with Crippen molar-refractivity contribution in [1.82, 2.24) is 4.90 Å². The van der Waals surface area contributed by atoms with E-state index in [-0.39, 0.29) is 30.1 Å². The highest BCUT2D eigenvalue weighted by atomic mass is 16.2. The van der Waals surface area contributed by atoms with Crippen LogP contribution in [0.4, 0.5) is 0 Å². The van der Waals surface area contributed by atoms with Crippen LogP contribution in [0.3, 0.4) is 0 Å². The van der Waals surface area contributed by atoms with Crippen molar-refractivity contribution >= 4 is 11.8 Å². The first-order valence-corrected chi connectivity index (χ1v) is 7.73. The zero-order chi connectivity index (χ0) is 15.4. The summed E-state index contributed by atoms with van der Waals surface area (Å²) in [6.07, 6.45) is 3.58. The molecule has 2 amide bonds. The van der Waals surface area contributed by atoms with Crippen LogP contribution < -0.4 is 5.73 Å². The summed E-state index contributed by atoms with van der Waals surface area (Å²) >= 11 is 0. The molecule has 116 valence electrons. The average molecular weight is 282 g/mol. The minimum Gasteiger partial charge on any atom is -0.370 e. The molecule has 0 aromatic rings. The van der Waals surface area contributed by atoms with Gasteiger partial charge < -0.3 is 10.6 Å². The lowest BCUT2D eigenvalue weighted by molar-refractivity contribution is -0.139. The largest absolute Gasteiger partial charge is 0.370 e. The second-order valence-corrected chi connectivity index (χ2v) is 7.00. The summed E-state index contributed by atoms with van der Waals surface area (Å²) in [7, 11) is 3.51. The van der Waals surface area contributed by atoms with Gasteiger partial charge in [-0.2, -0.15) is 0 Å². The number of carbonyl (C=O) groups excluding carboxylic acids is 2. The maximum Gasteiger partial charge on any atom is 0.225 e. The molecule has 0 aliphatic heterocycles. The van der Waals surface area contributed by atoms with Gasteiger partial charge in [-0.05, 0) is 36.5 Å². The van der Waals surface area contributed by atoms with Crippen LogP contribution in [-0.2, 0) is 9.59 Å². The number of nitrogens with two attached hydrogens (primary N) is 1. The first kappa shape index (κ1) is 17.0. The van der Waals surface area contributed by atoms with Gasteiger partial charge in [-0.1, -0.05) is 27.2 Å². The summed E-state index contributed by atoms with van der Waals surface area (Å²) in [6, 6.07) is 0. The maximum absolute atomic E-state index is 12.5. The number of hydrogen-bond donors (Lipinski definition) is 1. The molecule has 1 aliphatic rings. The molecule has 4 nitrogen and oxygen atoms in total. The number of rotatable bonds is 5. The van der Waals surface area contributed by atoms with E-state index in [1.54, 1.807) is 19.0 Å². The third kappa shape index (κ3) is 4.22. The molecule has 0 spiro atoms. The summed E-state index contributed by atoms with van der Waals surface area (Å²) in [6.45, 7) is 6.68. The smallest absolute Gasteiger partial charge is 0.225 e. The van der Waals surface area contributed by atoms with Crippen molar-refractivity contribution in [3.8, 4) is 0 Å². The van der Waals surface area contributed by atoms with Gasteiger partial charge in [0.15, 0.2) is 0 Å². The second kappa shape index (κ2) is 7.09. The Bertz CT molecular complexity index is 352. The van der Waals surface area contributed by atoms with Crippen molar-refractivity contribution in [3.63, 3.8) is 0 Å². The highest BCUT2D eigenvalue weighted by Crippen LogP contribution is 2.43. The minimum absolute atomic E-state index is 0.0496. The lowest BCUT2D eigenvalue weighted by Gasteiger charge is -2.41. The normalized spacial score (nSPS) is 28.2. The molecule has 0 heterocycles. The predicted molar refractivity (Wildman–Crippen MR) is 80.8 cm³/mol. The first-order valence-electron chi connectivity index (χ1n) is 7.73. The van der Waals surface area contributed by atoms with Crippen molar-refractivity contribution in [1.29, 1.82) is 0 Å². The number of nitrogens with zero attached hydrogens (tertiary/aromatic N) is 1. The fraction of sp³-hybridized carbons (Fsp3) is 0.875. The predicted octanol–water partition coefficient (Wildman–Crippen LogP) is 2.27. The molecule has 0 aromatic heterocycles. The Morgan fingerprint density at radius 1 is 1.20 bits per heavy atom. The van der Waals surface area contributed by atoms with Gasteiger partial charge in [-0.3, -0.25) is 9.59 Å². The van der Waals surface area contributed by atoms with E-state index in [4.69, 9.17) is 5.73 Å². The van der Waals surface area contributed by atoms with Crippen molar-refractivity contribution < 1.29 is 9.59 Å². The molecule has 1 saturated carbocycles. The SMILES string of the molecule is CC1CCC(C(C)C)C(C(CC(N)=O)C(=O)N(C)C)C1. The fourth-order valence-electron chi connectivity index (χ4n) is 3.71. The Morgan fingerprint density at radius 3 is 2.25 bits per heavy atom. The summed E-state index contributed by atoms with van der Waals surface area (Å²) < 4.78 is 0. The van der Waals surface area contributed by atoms with E-state index in [1.165, 1.54) is 6.42 Å². The monoisotopic (exact) mass is 282 g/mol. The topological polar surface area (TPSA) is 63.4 Å². The number of hydrogen-bond acceptors (Lipinski definition) is 2. The first-order chi connectivity index (χ1) is 9.23. The van der Waals surface area contributed by atoms with Crippen LogP contribution in [-0.4, -0.2) is 30.8 Å². The molecular formula is C16H30N2O2. The molecule has 0 saturated heterocycles. The van der Waals surface area contributed by atoms with Gasteiger partial charge in [0, 0.05) is 26.4 Å². The van der Waals surface area contributed by atoms with E-state index in [0.29, 0.717) is 17.8 Å². The van der Waals surface area contributed by atoms with Crippen LogP contribution in [0.15, 0.2) is 0 Å². The van der Waals surface area contributed by atoms with Crippen molar-refractivity contribution in [2.75, 3.05) is 14.1 Å². The van der Waals surface area contributed by atoms with E-state index in [2.05, 4.69) is 20.8 Å². The van der Waals surface area contributed by atoms with E-state index < -0.39 is 0 Å². The summed E-state index contributed by atoms with van der Waals surface area (Å²) in [5.74, 6) is 1.39. The van der Waals surface area contributed by atoms with Gasteiger partial charge in [0.2, 0.25) is 11.8 Å². The molecule has 1 aliphatic carbocycles. The molecule has 4 unspecified atom stereocenters. The van der Waals surface area contributed by atoms with E-state index in [0.717, 1.165) is 12.8 Å². The van der Waals surface area contributed by atoms with E-state index >= 15 is 0 Å². The van der Waals surface area contributed by atoms with Gasteiger partial charge >= 0.3 is 0 Å². The summed E-state index contributed by atoms with van der Waals surface area (Å²) in [5.41, 5.74) is 5.38. The summed E-state index contributed by atoms with van der Waals surface area (Å²) in [4.78, 5) is 25.5. The Balaban J connectivity index is 3.00. The van der Waals surface area contributed by atoms with Crippen LogP contribution in [0.5, 0.6) is 0 Å². The highest BCUT2D eigenvalue weighted by molar-refractivity contribution is 5.85. The number of carbonyl (C=O) groups is 2. The highest BCUT2D eigenvalue weighted by Gasteiger charge is 2.40. The van der Waals surface area contributed by atoms with Crippen LogP contribution in [0.2, 0.25) is 0 Å². The van der Waals surface area contributed by atoms with Crippen LogP contribution >= 0.6 is 0 Å². The Labute approximate surface area is 123 Å². The molecule has 1 fully saturated rings. The molecule has 20 heavy (non-hydrogen) atoms. The van der Waals surface area contributed by atoms with Gasteiger partial charge in [0.1, 0.15) is 0 Å². The number of amides is 2. The molecule has 0 radical (unpaired) electrons. The van der Waals surface area contributed by atoms with E-state index in [9.17, 15) is 9.59 Å². The molecule has 4 atom stereocenters. The Hall–Kier alpha value is -1.06. The van der Waals surface area contributed by atoms with Crippen LogP contribution in [0.1, 0.15) is 46.5 Å². The zero-order valence-electron chi connectivity index (χ0n) is 13.6. The van der Waals surface area contributed by atoms with E-state index in [1.807, 2.05) is 0 Å². The molecule has 0 bridgehead atoms. The molecule has 1 rings (SSSR count). The van der Waals surface area contributed by atoms with Gasteiger partial charge in [0.05, 0.1) is 0 Å². The molecule has 2 N–H and O–H groups in total. The Kier molecular flexibility index (Phi) is 6.03. The van der Waals surface area contributed by atoms with Crippen molar-refractivity contribution in [2.45, 2.75) is 46.5 Å². The minimum atomic E-state index is -0.370. The van der Waals surface area contributed by atoms with Gasteiger partial charge in [0.25, 0.3) is 0 Å². The lowest BCUT2D eigenvalue weighted by atomic mass is 9.64. The second-order valence-electron chi connectivity index (χ2n) is 7.00. The third-order valence-corrected chi connectivity index (χ3v) is 4.77. The number of primary amides is 1.